The number of nitrogens with zero attached hydrogens (tertiary/aromatic N) is 2. The topological polar surface area (TPSA) is 51.0 Å². The van der Waals surface area contributed by atoms with Crippen LogP contribution >= 0.6 is 11.3 Å². The lowest BCUT2D eigenvalue weighted by molar-refractivity contribution is 0.448. The molecular weight excluding hydrogens is 210 g/mol. The molecule has 15 heavy (non-hydrogen) atoms. The first-order valence-corrected chi connectivity index (χ1v) is 5.70. The summed E-state index contributed by atoms with van der Waals surface area (Å²) in [6.45, 7) is 5.27. The lowest BCUT2D eigenvalue weighted by atomic mass is 10.4. The quantitative estimate of drug-likeness (QED) is 0.861. The predicted octanol–water partition coefficient (Wildman–Crippen LogP) is 2.04. The molecule has 80 valence electrons. The van der Waals surface area contributed by atoms with Crippen molar-refractivity contribution in [2.24, 2.45) is 0 Å². The first-order chi connectivity index (χ1) is 7.25. The standard InChI is InChI=1S/C10H13N3OS/c1-7-8(2)14-10(13-7)4-11-3-9-5-15-6-12-9/h5-6,11H,3-4H2,1-2H3. The molecule has 0 aromatic carbocycles. The van der Waals surface area contributed by atoms with Gasteiger partial charge in [-0.05, 0) is 13.8 Å². The molecule has 0 saturated heterocycles. The molecule has 0 spiro atoms. The Morgan fingerprint density at radius 3 is 2.87 bits per heavy atom. The SMILES string of the molecule is Cc1nc(CNCc2cscn2)oc1C. The third-order valence-electron chi connectivity index (χ3n) is 2.14. The van der Waals surface area contributed by atoms with Crippen LogP contribution in [0.25, 0.3) is 0 Å². The number of hydrogen-bond donors (Lipinski definition) is 1. The lowest BCUT2D eigenvalue weighted by Gasteiger charge is -1.97. The number of oxazole rings is 1. The average Bonchev–Trinajstić information content (AvgIpc) is 2.79. The fourth-order valence-corrected chi connectivity index (χ4v) is 1.80. The van der Waals surface area contributed by atoms with Gasteiger partial charge in [-0.15, -0.1) is 11.3 Å². The molecule has 2 heterocycles. The minimum atomic E-state index is 0.645. The van der Waals surface area contributed by atoms with Crippen LogP contribution in [-0.4, -0.2) is 9.97 Å². The van der Waals surface area contributed by atoms with E-state index in [1.54, 1.807) is 11.3 Å². The molecule has 0 aliphatic carbocycles. The maximum atomic E-state index is 5.44. The van der Waals surface area contributed by atoms with E-state index in [1.807, 2.05) is 24.7 Å². The molecule has 2 rings (SSSR count). The number of thiazole rings is 1. The molecule has 5 heteroatoms. The molecule has 0 saturated carbocycles. The van der Waals surface area contributed by atoms with Crippen molar-refractivity contribution in [3.05, 3.63) is 33.9 Å². The second kappa shape index (κ2) is 4.55. The molecule has 0 atom stereocenters. The molecule has 4 nitrogen and oxygen atoms in total. The van der Waals surface area contributed by atoms with Gasteiger partial charge in [0.15, 0.2) is 0 Å². The van der Waals surface area contributed by atoms with Crippen LogP contribution in [0, 0.1) is 13.8 Å². The Bertz CT molecular complexity index is 402. The van der Waals surface area contributed by atoms with Gasteiger partial charge in [-0.1, -0.05) is 0 Å². The van der Waals surface area contributed by atoms with Gasteiger partial charge >= 0.3 is 0 Å². The zero-order chi connectivity index (χ0) is 10.7. The Morgan fingerprint density at radius 1 is 1.40 bits per heavy atom. The molecule has 0 bridgehead atoms. The second-order valence-corrected chi connectivity index (χ2v) is 4.05. The van der Waals surface area contributed by atoms with Crippen molar-refractivity contribution in [2.75, 3.05) is 0 Å². The van der Waals surface area contributed by atoms with Gasteiger partial charge < -0.3 is 9.73 Å². The minimum absolute atomic E-state index is 0.645. The molecule has 2 aromatic rings. The Kier molecular flexibility index (Phi) is 3.13. The van der Waals surface area contributed by atoms with Crippen LogP contribution < -0.4 is 5.32 Å². The largest absolute Gasteiger partial charge is 0.444 e. The van der Waals surface area contributed by atoms with E-state index in [9.17, 15) is 0 Å². The van der Waals surface area contributed by atoms with Crippen LogP contribution in [0.3, 0.4) is 0 Å². The zero-order valence-corrected chi connectivity index (χ0v) is 9.60. The van der Waals surface area contributed by atoms with Gasteiger partial charge in [-0.2, -0.15) is 0 Å². The van der Waals surface area contributed by atoms with Gasteiger partial charge in [0.1, 0.15) is 5.76 Å². The number of nitrogens with one attached hydrogen (secondary N) is 1. The van der Waals surface area contributed by atoms with Crippen molar-refractivity contribution in [1.82, 2.24) is 15.3 Å². The van der Waals surface area contributed by atoms with E-state index >= 15 is 0 Å². The fourth-order valence-electron chi connectivity index (χ4n) is 1.24. The normalized spacial score (nSPS) is 10.8. The van der Waals surface area contributed by atoms with Crippen LogP contribution in [-0.2, 0) is 13.1 Å². The molecule has 0 amide bonds. The summed E-state index contributed by atoms with van der Waals surface area (Å²) < 4.78 is 5.44. The molecule has 0 radical (unpaired) electrons. The van der Waals surface area contributed by atoms with Crippen LogP contribution in [0.5, 0.6) is 0 Å². The van der Waals surface area contributed by atoms with Gasteiger partial charge in [0.05, 0.1) is 23.4 Å². The predicted molar refractivity (Wildman–Crippen MR) is 58.6 cm³/mol. The van der Waals surface area contributed by atoms with Gasteiger partial charge in [0.25, 0.3) is 0 Å². The molecule has 0 aliphatic heterocycles. The minimum Gasteiger partial charge on any atom is -0.444 e. The third-order valence-corrected chi connectivity index (χ3v) is 2.77. The summed E-state index contributed by atoms with van der Waals surface area (Å²) in [6.07, 6.45) is 0. The smallest absolute Gasteiger partial charge is 0.208 e. The van der Waals surface area contributed by atoms with Crippen LogP contribution in [0.4, 0.5) is 0 Å². The summed E-state index contributed by atoms with van der Waals surface area (Å²) in [5.74, 6) is 1.63. The molecular formula is C10H13N3OS. The van der Waals surface area contributed by atoms with Gasteiger partial charge in [0.2, 0.25) is 5.89 Å². The number of hydrogen-bond acceptors (Lipinski definition) is 5. The highest BCUT2D eigenvalue weighted by atomic mass is 32.1. The lowest BCUT2D eigenvalue weighted by Crippen LogP contribution is -2.13. The Balaban J connectivity index is 1.83. The molecule has 0 fully saturated rings. The molecule has 0 unspecified atom stereocenters. The fraction of sp³-hybridized carbons (Fsp3) is 0.400. The maximum absolute atomic E-state index is 5.44. The van der Waals surface area contributed by atoms with Crippen molar-refractivity contribution >= 4 is 11.3 Å². The molecule has 0 aliphatic rings. The van der Waals surface area contributed by atoms with Crippen molar-refractivity contribution < 1.29 is 4.42 Å². The van der Waals surface area contributed by atoms with E-state index in [0.717, 1.165) is 29.6 Å². The highest BCUT2D eigenvalue weighted by molar-refractivity contribution is 7.07. The van der Waals surface area contributed by atoms with Gasteiger partial charge in [-0.25, -0.2) is 9.97 Å². The van der Waals surface area contributed by atoms with Crippen LogP contribution in [0.15, 0.2) is 15.3 Å². The van der Waals surface area contributed by atoms with Crippen molar-refractivity contribution in [1.29, 1.82) is 0 Å². The Hall–Kier alpha value is -1.20. The van der Waals surface area contributed by atoms with E-state index < -0.39 is 0 Å². The van der Waals surface area contributed by atoms with Crippen LogP contribution in [0.2, 0.25) is 0 Å². The van der Waals surface area contributed by atoms with E-state index in [0.29, 0.717) is 6.54 Å². The Labute approximate surface area is 92.4 Å². The monoisotopic (exact) mass is 223 g/mol. The summed E-state index contributed by atoms with van der Waals surface area (Å²) in [6, 6.07) is 0. The van der Waals surface area contributed by atoms with E-state index in [2.05, 4.69) is 15.3 Å². The number of rotatable bonds is 4. The summed E-state index contributed by atoms with van der Waals surface area (Å²) in [5.41, 5.74) is 3.84. The number of aryl methyl sites for hydroxylation is 2. The van der Waals surface area contributed by atoms with Crippen LogP contribution in [0.1, 0.15) is 23.0 Å². The first-order valence-electron chi connectivity index (χ1n) is 4.76. The summed E-state index contributed by atoms with van der Waals surface area (Å²) in [7, 11) is 0. The summed E-state index contributed by atoms with van der Waals surface area (Å²) in [5, 5.41) is 5.26. The Morgan fingerprint density at radius 2 is 2.27 bits per heavy atom. The highest BCUT2D eigenvalue weighted by Crippen LogP contribution is 2.08. The highest BCUT2D eigenvalue weighted by Gasteiger charge is 2.04. The maximum Gasteiger partial charge on any atom is 0.208 e. The first kappa shape index (κ1) is 10.3. The zero-order valence-electron chi connectivity index (χ0n) is 8.78. The summed E-state index contributed by atoms with van der Waals surface area (Å²) in [4.78, 5) is 8.46. The van der Waals surface area contributed by atoms with E-state index in [-0.39, 0.29) is 0 Å². The van der Waals surface area contributed by atoms with Gasteiger partial charge in [0, 0.05) is 11.9 Å². The summed E-state index contributed by atoms with van der Waals surface area (Å²) >= 11 is 1.60. The second-order valence-electron chi connectivity index (χ2n) is 3.33. The van der Waals surface area contributed by atoms with Crippen molar-refractivity contribution in [3.8, 4) is 0 Å². The van der Waals surface area contributed by atoms with Crippen molar-refractivity contribution in [2.45, 2.75) is 26.9 Å². The average molecular weight is 223 g/mol. The molecule has 2 aromatic heterocycles. The van der Waals surface area contributed by atoms with E-state index in [1.165, 1.54) is 0 Å². The van der Waals surface area contributed by atoms with Gasteiger partial charge in [-0.3, -0.25) is 0 Å². The van der Waals surface area contributed by atoms with Crippen molar-refractivity contribution in [3.63, 3.8) is 0 Å². The third kappa shape index (κ3) is 2.64. The molecule has 1 N–H and O–H groups in total. The van der Waals surface area contributed by atoms with E-state index in [4.69, 9.17) is 4.42 Å². The number of aromatic nitrogens is 2.